The highest BCUT2D eigenvalue weighted by Gasteiger charge is 2.43. The number of piperidine rings is 1. The molecule has 0 bridgehead atoms. The second-order valence-corrected chi connectivity index (χ2v) is 12.1. The molecule has 0 aliphatic carbocycles. The van der Waals surface area contributed by atoms with Crippen molar-refractivity contribution in [3.63, 3.8) is 0 Å². The Hall–Kier alpha value is -2.76. The largest absolute Gasteiger partial charge is 0.382 e. The molecule has 0 radical (unpaired) electrons. The standard InChI is InChI=1S/C24H27I2N9O3/c25-15-3-1-13(2-4-15)10-35-11-14(9-16(35)36)22(38)34-7-5-24(6-8-34)12-29-23(33-24)32-21(37)17-19(27)31-20(28)18(26)30-17/h1-4,14H,5-12H2,(H4,27,28,31)(H2,29,32,33,37). The Morgan fingerprint density at radius 2 is 1.82 bits per heavy atom. The van der Waals surface area contributed by atoms with Crippen LogP contribution in [0.1, 0.15) is 35.3 Å². The fourth-order valence-corrected chi connectivity index (χ4v) is 5.73. The first-order chi connectivity index (χ1) is 18.1. The molecule has 4 heterocycles. The third kappa shape index (κ3) is 5.64. The third-order valence-corrected chi connectivity index (χ3v) is 8.67. The molecule has 2 fully saturated rings. The highest BCUT2D eigenvalue weighted by atomic mass is 127. The van der Waals surface area contributed by atoms with Gasteiger partial charge < -0.3 is 26.6 Å². The Bertz CT molecular complexity index is 1310. The van der Waals surface area contributed by atoms with E-state index in [0.29, 0.717) is 55.2 Å². The number of rotatable bonds is 4. The number of aromatic nitrogens is 2. The smallest absolute Gasteiger partial charge is 0.280 e. The number of aliphatic imine (C=N–C) groups is 1. The molecule has 14 heteroatoms. The van der Waals surface area contributed by atoms with Crippen LogP contribution < -0.4 is 22.1 Å². The van der Waals surface area contributed by atoms with E-state index >= 15 is 0 Å². The van der Waals surface area contributed by atoms with Gasteiger partial charge in [-0.25, -0.2) is 9.97 Å². The van der Waals surface area contributed by atoms with E-state index in [2.05, 4.69) is 48.2 Å². The minimum Gasteiger partial charge on any atom is -0.382 e. The van der Waals surface area contributed by atoms with Crippen LogP contribution >= 0.6 is 45.2 Å². The zero-order chi connectivity index (χ0) is 27.0. The number of hydrogen-bond donors (Lipinski definition) is 4. The number of carbonyl (C=O) groups is 3. The predicted octanol–water partition coefficient (Wildman–Crippen LogP) is 0.949. The van der Waals surface area contributed by atoms with E-state index in [-0.39, 0.29) is 47.0 Å². The van der Waals surface area contributed by atoms with Crippen LogP contribution in [-0.2, 0) is 16.1 Å². The minimum absolute atomic E-state index is 0.0164. The number of halogens is 2. The van der Waals surface area contributed by atoms with Crippen molar-refractivity contribution in [1.82, 2.24) is 30.4 Å². The van der Waals surface area contributed by atoms with Crippen molar-refractivity contribution in [3.05, 3.63) is 42.8 Å². The number of hydrogen-bond acceptors (Lipinski definition) is 9. The Balaban J connectivity index is 1.12. The molecular weight excluding hydrogens is 716 g/mol. The number of amides is 3. The molecule has 38 heavy (non-hydrogen) atoms. The molecule has 1 aromatic heterocycles. The number of guanidine groups is 1. The van der Waals surface area contributed by atoms with Crippen LogP contribution in [0.4, 0.5) is 11.6 Å². The molecule has 1 atom stereocenters. The van der Waals surface area contributed by atoms with Crippen LogP contribution in [0.5, 0.6) is 0 Å². The highest BCUT2D eigenvalue weighted by molar-refractivity contribution is 14.1. The molecule has 3 aliphatic heterocycles. The Kier molecular flexibility index (Phi) is 7.61. The van der Waals surface area contributed by atoms with Gasteiger partial charge in [-0.2, -0.15) is 0 Å². The summed E-state index contributed by atoms with van der Waals surface area (Å²) in [5.74, 6) is -0.349. The van der Waals surface area contributed by atoms with Crippen LogP contribution in [0.3, 0.4) is 0 Å². The van der Waals surface area contributed by atoms with Gasteiger partial charge in [0.15, 0.2) is 23.3 Å². The van der Waals surface area contributed by atoms with Gasteiger partial charge in [0.2, 0.25) is 11.8 Å². The van der Waals surface area contributed by atoms with Crippen molar-refractivity contribution in [3.8, 4) is 0 Å². The normalized spacial score (nSPS) is 20.4. The monoisotopic (exact) mass is 743 g/mol. The van der Waals surface area contributed by atoms with E-state index in [9.17, 15) is 14.4 Å². The van der Waals surface area contributed by atoms with Crippen LogP contribution in [0, 0.1) is 13.2 Å². The van der Waals surface area contributed by atoms with Gasteiger partial charge in [0.1, 0.15) is 3.70 Å². The predicted molar refractivity (Wildman–Crippen MR) is 158 cm³/mol. The molecule has 200 valence electrons. The van der Waals surface area contributed by atoms with Crippen LogP contribution in [0.15, 0.2) is 29.3 Å². The van der Waals surface area contributed by atoms with Gasteiger partial charge in [0.25, 0.3) is 5.91 Å². The Morgan fingerprint density at radius 3 is 2.53 bits per heavy atom. The van der Waals surface area contributed by atoms with Gasteiger partial charge in [0, 0.05) is 36.2 Å². The summed E-state index contributed by atoms with van der Waals surface area (Å²) in [5.41, 5.74) is 12.2. The van der Waals surface area contributed by atoms with Gasteiger partial charge in [-0.1, -0.05) is 12.1 Å². The zero-order valence-corrected chi connectivity index (χ0v) is 24.7. The number of likely N-dealkylation sites (tertiary alicyclic amines) is 2. The molecular formula is C24H27I2N9O3. The summed E-state index contributed by atoms with van der Waals surface area (Å²) in [5, 5.41) is 6.04. The van der Waals surface area contributed by atoms with Gasteiger partial charge >= 0.3 is 0 Å². The fraction of sp³-hybridized carbons (Fsp3) is 0.417. The lowest BCUT2D eigenvalue weighted by atomic mass is 9.87. The summed E-state index contributed by atoms with van der Waals surface area (Å²) < 4.78 is 1.53. The number of nitrogens with zero attached hydrogens (tertiary/aromatic N) is 5. The number of nitrogen functional groups attached to an aromatic ring is 2. The van der Waals surface area contributed by atoms with Crippen LogP contribution in [-0.4, -0.2) is 75.2 Å². The first-order valence-electron chi connectivity index (χ1n) is 12.2. The second-order valence-electron chi connectivity index (χ2n) is 9.78. The summed E-state index contributed by atoms with van der Waals surface area (Å²) >= 11 is 4.14. The number of anilines is 2. The van der Waals surface area contributed by atoms with E-state index in [0.717, 1.165) is 9.13 Å². The molecule has 1 unspecified atom stereocenters. The molecule has 12 nitrogen and oxygen atoms in total. The molecule has 5 rings (SSSR count). The molecule has 0 saturated carbocycles. The van der Waals surface area contributed by atoms with E-state index in [1.807, 2.05) is 51.8 Å². The molecule has 1 aromatic carbocycles. The zero-order valence-electron chi connectivity index (χ0n) is 20.4. The van der Waals surface area contributed by atoms with Crippen molar-refractivity contribution in [1.29, 1.82) is 0 Å². The lowest BCUT2D eigenvalue weighted by molar-refractivity contribution is -0.137. The Labute approximate surface area is 246 Å². The SMILES string of the molecule is Nc1nc(N)c(C(=O)NC2=NCC3(CCN(C(=O)C4CC(=O)N(Cc5ccc(I)cc5)C4)CC3)N2)nc1I. The average molecular weight is 743 g/mol. The highest BCUT2D eigenvalue weighted by Crippen LogP contribution is 2.29. The second kappa shape index (κ2) is 10.8. The van der Waals surface area contributed by atoms with E-state index in [1.54, 1.807) is 4.90 Å². The van der Waals surface area contributed by atoms with Crippen molar-refractivity contribution in [2.75, 3.05) is 37.6 Å². The van der Waals surface area contributed by atoms with Gasteiger partial charge in [-0.15, -0.1) is 0 Å². The fourth-order valence-electron chi connectivity index (χ4n) is 5.00. The first kappa shape index (κ1) is 26.8. The quantitative estimate of drug-likeness (QED) is 0.336. The Morgan fingerprint density at radius 1 is 1.11 bits per heavy atom. The maximum absolute atomic E-state index is 13.2. The summed E-state index contributed by atoms with van der Waals surface area (Å²) in [7, 11) is 0. The van der Waals surface area contributed by atoms with Crippen LogP contribution in [0.2, 0.25) is 0 Å². The lowest BCUT2D eigenvalue weighted by Gasteiger charge is -2.40. The first-order valence-corrected chi connectivity index (χ1v) is 14.3. The maximum Gasteiger partial charge on any atom is 0.280 e. The van der Waals surface area contributed by atoms with Gasteiger partial charge in [-0.3, -0.25) is 24.7 Å². The molecule has 1 spiro atoms. The number of carbonyl (C=O) groups excluding carboxylic acids is 3. The summed E-state index contributed by atoms with van der Waals surface area (Å²) in [6, 6.07) is 8.06. The molecule has 3 aliphatic rings. The van der Waals surface area contributed by atoms with Crippen molar-refractivity contribution >= 4 is 80.5 Å². The van der Waals surface area contributed by atoms with Crippen molar-refractivity contribution < 1.29 is 14.4 Å². The van der Waals surface area contributed by atoms with Crippen molar-refractivity contribution in [2.45, 2.75) is 31.3 Å². The average Bonchev–Trinajstić information content (AvgIpc) is 3.45. The number of nitrogens with one attached hydrogen (secondary N) is 2. The van der Waals surface area contributed by atoms with Gasteiger partial charge in [-0.05, 0) is 75.7 Å². The molecule has 6 N–H and O–H groups in total. The van der Waals surface area contributed by atoms with E-state index < -0.39 is 5.91 Å². The number of benzene rings is 1. The lowest BCUT2D eigenvalue weighted by Crippen LogP contribution is -2.57. The van der Waals surface area contributed by atoms with Crippen LogP contribution in [0.25, 0.3) is 0 Å². The van der Waals surface area contributed by atoms with Crippen molar-refractivity contribution in [2.24, 2.45) is 10.9 Å². The topological polar surface area (TPSA) is 172 Å². The summed E-state index contributed by atoms with van der Waals surface area (Å²) in [6.07, 6.45) is 1.60. The van der Waals surface area contributed by atoms with E-state index in [4.69, 9.17) is 11.5 Å². The molecule has 2 saturated heterocycles. The minimum atomic E-state index is -0.524. The maximum atomic E-state index is 13.2. The number of nitrogens with two attached hydrogens (primary N) is 2. The van der Waals surface area contributed by atoms with E-state index in [1.165, 1.54) is 0 Å². The summed E-state index contributed by atoms with van der Waals surface area (Å²) in [6.45, 7) is 2.55. The summed E-state index contributed by atoms with van der Waals surface area (Å²) in [4.78, 5) is 54.7. The molecule has 3 amide bonds. The third-order valence-electron chi connectivity index (χ3n) is 7.16. The molecule has 2 aromatic rings. The van der Waals surface area contributed by atoms with Gasteiger partial charge in [0.05, 0.1) is 18.0 Å².